The van der Waals surface area contributed by atoms with Crippen molar-refractivity contribution < 1.29 is 9.59 Å². The predicted molar refractivity (Wildman–Crippen MR) is 119 cm³/mol. The maximum Gasteiger partial charge on any atom is 0.254 e. The monoisotopic (exact) mass is 415 g/mol. The van der Waals surface area contributed by atoms with Crippen LogP contribution in [0.3, 0.4) is 0 Å². The molecule has 0 spiro atoms. The molecule has 7 nitrogen and oxygen atoms in total. The summed E-state index contributed by atoms with van der Waals surface area (Å²) in [6.07, 6.45) is 3.43. The number of hydrogen-bond donors (Lipinski definition) is 0. The molecule has 0 bridgehead atoms. The van der Waals surface area contributed by atoms with Gasteiger partial charge in [0.2, 0.25) is 5.95 Å². The number of piperazine rings is 1. The Labute approximate surface area is 182 Å². The molecule has 2 aromatic carbocycles. The van der Waals surface area contributed by atoms with Crippen molar-refractivity contribution in [3.05, 3.63) is 89.7 Å². The average Bonchev–Trinajstić information content (AvgIpc) is 2.84. The molecule has 2 amide bonds. The summed E-state index contributed by atoms with van der Waals surface area (Å²) in [6.45, 7) is 2.90. The molecule has 1 fully saturated rings. The van der Waals surface area contributed by atoms with Crippen LogP contribution < -0.4 is 4.90 Å². The van der Waals surface area contributed by atoms with Crippen LogP contribution in [0.4, 0.5) is 5.95 Å². The SMILES string of the molecule is CN(Cc1ccccc1)C(=O)c1ccccc1C(=O)N1CCN(c2ncccn2)CC1. The number of carbonyl (C=O) groups is 2. The van der Waals surface area contributed by atoms with E-state index in [9.17, 15) is 9.59 Å². The van der Waals surface area contributed by atoms with Crippen molar-refractivity contribution in [2.24, 2.45) is 0 Å². The second-order valence-corrected chi connectivity index (χ2v) is 7.52. The van der Waals surface area contributed by atoms with E-state index in [1.807, 2.05) is 30.3 Å². The average molecular weight is 415 g/mol. The quantitative estimate of drug-likeness (QED) is 0.641. The molecule has 1 aromatic heterocycles. The molecule has 2 heterocycles. The van der Waals surface area contributed by atoms with Crippen LogP contribution in [-0.2, 0) is 6.54 Å². The summed E-state index contributed by atoms with van der Waals surface area (Å²) in [7, 11) is 1.76. The van der Waals surface area contributed by atoms with Crippen molar-refractivity contribution in [3.63, 3.8) is 0 Å². The highest BCUT2D eigenvalue weighted by atomic mass is 16.2. The van der Waals surface area contributed by atoms with E-state index in [0.29, 0.717) is 49.8 Å². The fraction of sp³-hybridized carbons (Fsp3) is 0.250. The largest absolute Gasteiger partial charge is 0.337 e. The second kappa shape index (κ2) is 9.38. The predicted octanol–water partition coefficient (Wildman–Crippen LogP) is 2.71. The van der Waals surface area contributed by atoms with Gasteiger partial charge in [-0.1, -0.05) is 42.5 Å². The number of hydrogen-bond acceptors (Lipinski definition) is 5. The lowest BCUT2D eigenvalue weighted by Gasteiger charge is -2.35. The highest BCUT2D eigenvalue weighted by Crippen LogP contribution is 2.18. The van der Waals surface area contributed by atoms with Gasteiger partial charge in [0.25, 0.3) is 11.8 Å². The number of aromatic nitrogens is 2. The minimum atomic E-state index is -0.163. The van der Waals surface area contributed by atoms with Crippen LogP contribution >= 0.6 is 0 Å². The number of carbonyl (C=O) groups excluding carboxylic acids is 2. The summed E-state index contributed by atoms with van der Waals surface area (Å²) < 4.78 is 0. The van der Waals surface area contributed by atoms with Gasteiger partial charge in [0.1, 0.15) is 0 Å². The van der Waals surface area contributed by atoms with Gasteiger partial charge in [0, 0.05) is 52.2 Å². The van der Waals surface area contributed by atoms with Crippen molar-refractivity contribution in [1.29, 1.82) is 0 Å². The minimum absolute atomic E-state index is 0.120. The molecule has 4 rings (SSSR count). The fourth-order valence-electron chi connectivity index (χ4n) is 3.73. The van der Waals surface area contributed by atoms with Gasteiger partial charge >= 0.3 is 0 Å². The van der Waals surface area contributed by atoms with Gasteiger partial charge in [-0.25, -0.2) is 9.97 Å². The third-order valence-corrected chi connectivity index (χ3v) is 5.40. The Kier molecular flexibility index (Phi) is 6.21. The Balaban J connectivity index is 1.45. The Bertz CT molecular complexity index is 1030. The molecule has 0 atom stereocenters. The number of amides is 2. The highest BCUT2D eigenvalue weighted by Gasteiger charge is 2.27. The van der Waals surface area contributed by atoms with Gasteiger partial charge in [-0.2, -0.15) is 0 Å². The van der Waals surface area contributed by atoms with E-state index >= 15 is 0 Å². The van der Waals surface area contributed by atoms with Gasteiger partial charge in [0.05, 0.1) is 11.1 Å². The van der Waals surface area contributed by atoms with E-state index < -0.39 is 0 Å². The molecule has 0 aliphatic carbocycles. The normalized spacial score (nSPS) is 13.7. The van der Waals surface area contributed by atoms with Crippen LogP contribution in [0.15, 0.2) is 73.1 Å². The van der Waals surface area contributed by atoms with Crippen LogP contribution in [0.5, 0.6) is 0 Å². The zero-order chi connectivity index (χ0) is 21.6. The smallest absolute Gasteiger partial charge is 0.254 e. The van der Waals surface area contributed by atoms with Crippen LogP contribution in [-0.4, -0.2) is 64.8 Å². The van der Waals surface area contributed by atoms with Crippen molar-refractivity contribution in [3.8, 4) is 0 Å². The zero-order valence-electron chi connectivity index (χ0n) is 17.5. The first kappa shape index (κ1) is 20.5. The molecular weight excluding hydrogens is 390 g/mol. The summed E-state index contributed by atoms with van der Waals surface area (Å²) in [6, 6.07) is 18.7. The lowest BCUT2D eigenvalue weighted by molar-refractivity contribution is 0.0722. The fourth-order valence-corrected chi connectivity index (χ4v) is 3.73. The number of nitrogens with zero attached hydrogens (tertiary/aromatic N) is 5. The Hall–Kier alpha value is -3.74. The Morgan fingerprint density at radius 2 is 1.45 bits per heavy atom. The second-order valence-electron chi connectivity index (χ2n) is 7.52. The van der Waals surface area contributed by atoms with Gasteiger partial charge < -0.3 is 14.7 Å². The maximum absolute atomic E-state index is 13.3. The van der Waals surface area contributed by atoms with E-state index in [1.165, 1.54) is 0 Å². The lowest BCUT2D eigenvalue weighted by Crippen LogP contribution is -2.49. The molecule has 0 saturated carbocycles. The molecule has 0 N–H and O–H groups in total. The summed E-state index contributed by atoms with van der Waals surface area (Å²) in [5.41, 5.74) is 1.91. The van der Waals surface area contributed by atoms with Crippen molar-refractivity contribution >= 4 is 17.8 Å². The summed E-state index contributed by atoms with van der Waals surface area (Å²) in [4.78, 5) is 40.4. The first-order chi connectivity index (χ1) is 15.1. The molecule has 158 valence electrons. The number of benzene rings is 2. The highest BCUT2D eigenvalue weighted by molar-refractivity contribution is 6.07. The molecule has 1 saturated heterocycles. The minimum Gasteiger partial charge on any atom is -0.337 e. The molecule has 1 aliphatic rings. The van der Waals surface area contributed by atoms with E-state index in [2.05, 4.69) is 14.9 Å². The van der Waals surface area contributed by atoms with E-state index in [0.717, 1.165) is 5.56 Å². The number of anilines is 1. The molecule has 0 radical (unpaired) electrons. The Morgan fingerprint density at radius 3 is 2.13 bits per heavy atom. The first-order valence-corrected chi connectivity index (χ1v) is 10.3. The molecule has 1 aliphatic heterocycles. The molecular formula is C24H25N5O2. The van der Waals surface area contributed by atoms with E-state index in [1.54, 1.807) is 59.6 Å². The molecule has 31 heavy (non-hydrogen) atoms. The maximum atomic E-state index is 13.3. The number of rotatable bonds is 5. The third kappa shape index (κ3) is 4.71. The summed E-state index contributed by atoms with van der Waals surface area (Å²) in [5.74, 6) is 0.391. The molecule has 7 heteroatoms. The van der Waals surface area contributed by atoms with Crippen molar-refractivity contribution in [2.45, 2.75) is 6.54 Å². The first-order valence-electron chi connectivity index (χ1n) is 10.3. The van der Waals surface area contributed by atoms with E-state index in [4.69, 9.17) is 0 Å². The van der Waals surface area contributed by atoms with Gasteiger partial charge in [0.15, 0.2) is 0 Å². The van der Waals surface area contributed by atoms with Crippen molar-refractivity contribution in [2.75, 3.05) is 38.1 Å². The summed E-state index contributed by atoms with van der Waals surface area (Å²) in [5, 5.41) is 0. The van der Waals surface area contributed by atoms with Crippen LogP contribution in [0, 0.1) is 0 Å². The lowest BCUT2D eigenvalue weighted by atomic mass is 10.0. The van der Waals surface area contributed by atoms with E-state index in [-0.39, 0.29) is 11.8 Å². The van der Waals surface area contributed by atoms with Gasteiger partial charge in [-0.05, 0) is 23.8 Å². The third-order valence-electron chi connectivity index (χ3n) is 5.40. The van der Waals surface area contributed by atoms with Crippen molar-refractivity contribution in [1.82, 2.24) is 19.8 Å². The molecule has 0 unspecified atom stereocenters. The molecule has 3 aromatic rings. The standard InChI is InChI=1S/C24H25N5O2/c1-27(18-19-8-3-2-4-9-19)22(30)20-10-5-6-11-21(20)23(31)28-14-16-29(17-15-28)24-25-12-7-13-26-24/h2-13H,14-18H2,1H3. The topological polar surface area (TPSA) is 69.6 Å². The van der Waals surface area contributed by atoms with Gasteiger partial charge in [-0.15, -0.1) is 0 Å². The summed E-state index contributed by atoms with van der Waals surface area (Å²) >= 11 is 0. The zero-order valence-corrected chi connectivity index (χ0v) is 17.5. The van der Waals surface area contributed by atoms with Crippen LogP contribution in [0.1, 0.15) is 26.3 Å². The van der Waals surface area contributed by atoms with Crippen LogP contribution in [0.2, 0.25) is 0 Å². The van der Waals surface area contributed by atoms with Gasteiger partial charge in [-0.3, -0.25) is 9.59 Å². The van der Waals surface area contributed by atoms with Crippen LogP contribution in [0.25, 0.3) is 0 Å². The Morgan fingerprint density at radius 1 is 0.839 bits per heavy atom.